The van der Waals surface area contributed by atoms with E-state index in [0.29, 0.717) is 18.7 Å². The highest BCUT2D eigenvalue weighted by molar-refractivity contribution is 5.81. The van der Waals surface area contributed by atoms with Gasteiger partial charge in [0.25, 0.3) is 0 Å². The number of amides is 1. The third-order valence-corrected chi connectivity index (χ3v) is 6.20. The summed E-state index contributed by atoms with van der Waals surface area (Å²) in [4.78, 5) is 19.6. The lowest BCUT2D eigenvalue weighted by atomic mass is 9.88. The molecule has 1 N–H and O–H groups in total. The number of methoxy groups -OCH3 is 1. The van der Waals surface area contributed by atoms with Crippen LogP contribution < -0.4 is 10.1 Å². The summed E-state index contributed by atoms with van der Waals surface area (Å²) in [7, 11) is 1.48. The largest absolute Gasteiger partial charge is 0.494 e. The van der Waals surface area contributed by atoms with Gasteiger partial charge in [-0.3, -0.25) is 14.7 Å². The van der Waals surface area contributed by atoms with Crippen molar-refractivity contribution in [2.45, 2.75) is 44.4 Å². The van der Waals surface area contributed by atoms with Crippen molar-refractivity contribution in [2.75, 3.05) is 26.8 Å². The number of carbonyl (C=O) groups excluding carboxylic acids is 1. The zero-order valence-electron chi connectivity index (χ0n) is 17.9. The number of halogens is 1. The van der Waals surface area contributed by atoms with Gasteiger partial charge >= 0.3 is 0 Å². The Hall–Kier alpha value is -2.51. The highest BCUT2D eigenvalue weighted by Crippen LogP contribution is 2.31. The summed E-state index contributed by atoms with van der Waals surface area (Å²) in [5, 5.41) is 3.21. The molecule has 3 heterocycles. The van der Waals surface area contributed by atoms with E-state index in [1.165, 1.54) is 7.11 Å². The van der Waals surface area contributed by atoms with E-state index in [0.717, 1.165) is 44.5 Å². The predicted molar refractivity (Wildman–Crippen MR) is 115 cm³/mol. The minimum Gasteiger partial charge on any atom is -0.494 e. The van der Waals surface area contributed by atoms with Gasteiger partial charge in [0, 0.05) is 31.5 Å². The molecule has 1 amide bonds. The lowest BCUT2D eigenvalue weighted by Crippen LogP contribution is -2.45. The number of pyridine rings is 1. The molecule has 4 rings (SSSR count). The van der Waals surface area contributed by atoms with Crippen LogP contribution in [-0.2, 0) is 16.1 Å². The third-order valence-electron chi connectivity index (χ3n) is 6.20. The number of carbonyl (C=O) groups is 1. The van der Waals surface area contributed by atoms with E-state index in [-0.39, 0.29) is 35.5 Å². The van der Waals surface area contributed by atoms with Gasteiger partial charge in [-0.15, -0.1) is 0 Å². The molecular weight excluding hydrogens is 397 g/mol. The zero-order valence-corrected chi connectivity index (χ0v) is 17.9. The van der Waals surface area contributed by atoms with Gasteiger partial charge in [-0.2, -0.15) is 0 Å². The normalized spacial score (nSPS) is 22.8. The summed E-state index contributed by atoms with van der Waals surface area (Å²) in [5.41, 5.74) is 1.48. The summed E-state index contributed by atoms with van der Waals surface area (Å²) < 4.78 is 25.4. The van der Waals surface area contributed by atoms with Crippen LogP contribution in [0.1, 0.15) is 43.0 Å². The number of likely N-dealkylation sites (tertiary alicyclic amines) is 1. The fraction of sp³-hybridized carbons (Fsp3) is 0.500. The third kappa shape index (κ3) is 5.22. The maximum absolute atomic E-state index is 14.7. The molecule has 2 aliphatic heterocycles. The number of nitrogens with zero attached hydrogens (tertiary/aromatic N) is 2. The summed E-state index contributed by atoms with van der Waals surface area (Å²) in [6, 6.07) is 10.8. The number of rotatable bonds is 7. The van der Waals surface area contributed by atoms with Crippen LogP contribution in [-0.4, -0.2) is 48.7 Å². The first-order valence-corrected chi connectivity index (χ1v) is 11.0. The topological polar surface area (TPSA) is 63.7 Å². The van der Waals surface area contributed by atoms with Crippen molar-refractivity contribution in [3.05, 3.63) is 59.7 Å². The van der Waals surface area contributed by atoms with E-state index in [2.05, 4.69) is 15.2 Å². The highest BCUT2D eigenvalue weighted by Gasteiger charge is 2.33. The van der Waals surface area contributed by atoms with Gasteiger partial charge in [0.2, 0.25) is 5.91 Å². The molecule has 3 atom stereocenters. The average Bonchev–Trinajstić information content (AvgIpc) is 3.35. The molecule has 31 heavy (non-hydrogen) atoms. The monoisotopic (exact) mass is 427 g/mol. The number of ether oxygens (including phenoxy) is 2. The molecule has 1 aromatic carbocycles. The van der Waals surface area contributed by atoms with Crippen LogP contribution in [0.2, 0.25) is 0 Å². The maximum Gasteiger partial charge on any atom is 0.249 e. The Morgan fingerprint density at radius 3 is 2.94 bits per heavy atom. The summed E-state index contributed by atoms with van der Waals surface area (Å²) in [5.74, 6) is 0.0770. The fourth-order valence-electron chi connectivity index (χ4n) is 4.61. The number of nitrogens with one attached hydrogen (secondary N) is 1. The minimum atomic E-state index is -0.378. The van der Waals surface area contributed by atoms with Gasteiger partial charge in [-0.25, -0.2) is 4.39 Å². The van der Waals surface area contributed by atoms with Crippen LogP contribution >= 0.6 is 0 Å². The van der Waals surface area contributed by atoms with E-state index in [1.807, 2.05) is 24.3 Å². The van der Waals surface area contributed by atoms with Crippen LogP contribution in [0.4, 0.5) is 4.39 Å². The Kier molecular flexibility index (Phi) is 7.14. The summed E-state index contributed by atoms with van der Waals surface area (Å²) in [6.45, 7) is 2.79. The van der Waals surface area contributed by atoms with E-state index < -0.39 is 0 Å². The standard InChI is InChI=1S/C24H30FN3O3/c1-30-20-10-4-7-17(22(20)25)15-28-13-5-8-18(16-28)23(19-9-2-3-12-26-19)27-24(29)21-11-6-14-31-21/h2-4,7,9-10,12,18,21,23H,5-6,8,11,13-16H2,1H3,(H,27,29)/t18-,21-,23+/m0/s1. The molecule has 1 aromatic heterocycles. The molecule has 0 bridgehead atoms. The number of piperidine rings is 1. The molecule has 6 nitrogen and oxygen atoms in total. The van der Waals surface area contributed by atoms with Gasteiger partial charge in [0.1, 0.15) is 6.10 Å². The first-order valence-electron chi connectivity index (χ1n) is 11.0. The Balaban J connectivity index is 1.49. The molecule has 2 aromatic rings. The van der Waals surface area contributed by atoms with Gasteiger partial charge in [0.05, 0.1) is 18.8 Å². The molecule has 0 saturated carbocycles. The van der Waals surface area contributed by atoms with Crippen LogP contribution in [0, 0.1) is 11.7 Å². The smallest absolute Gasteiger partial charge is 0.249 e. The Morgan fingerprint density at radius 1 is 1.29 bits per heavy atom. The highest BCUT2D eigenvalue weighted by atomic mass is 19.1. The number of benzene rings is 1. The van der Waals surface area contributed by atoms with Crippen LogP contribution in [0.25, 0.3) is 0 Å². The van der Waals surface area contributed by atoms with Crippen LogP contribution in [0.5, 0.6) is 5.75 Å². The molecule has 166 valence electrons. The van der Waals surface area contributed by atoms with Gasteiger partial charge in [-0.1, -0.05) is 18.2 Å². The van der Waals surface area contributed by atoms with Crippen molar-refractivity contribution < 1.29 is 18.7 Å². The second-order valence-corrected chi connectivity index (χ2v) is 8.31. The molecule has 0 radical (unpaired) electrons. The van der Waals surface area contributed by atoms with Crippen molar-refractivity contribution in [2.24, 2.45) is 5.92 Å². The van der Waals surface area contributed by atoms with Crippen LogP contribution in [0.3, 0.4) is 0 Å². The predicted octanol–water partition coefficient (Wildman–Crippen LogP) is 3.48. The van der Waals surface area contributed by atoms with Crippen molar-refractivity contribution in [3.63, 3.8) is 0 Å². The quantitative estimate of drug-likeness (QED) is 0.733. The van der Waals surface area contributed by atoms with E-state index in [1.54, 1.807) is 18.3 Å². The Morgan fingerprint density at radius 2 is 2.19 bits per heavy atom. The van der Waals surface area contributed by atoms with Gasteiger partial charge in [0.15, 0.2) is 11.6 Å². The molecule has 2 saturated heterocycles. The van der Waals surface area contributed by atoms with E-state index in [4.69, 9.17) is 9.47 Å². The fourth-order valence-corrected chi connectivity index (χ4v) is 4.61. The summed E-state index contributed by atoms with van der Waals surface area (Å²) in [6.07, 6.45) is 5.01. The summed E-state index contributed by atoms with van der Waals surface area (Å²) >= 11 is 0. The van der Waals surface area contributed by atoms with E-state index >= 15 is 0 Å². The van der Waals surface area contributed by atoms with Crippen molar-refractivity contribution in [1.82, 2.24) is 15.2 Å². The molecule has 0 unspecified atom stereocenters. The molecule has 7 heteroatoms. The van der Waals surface area contributed by atoms with Crippen molar-refractivity contribution in [3.8, 4) is 5.75 Å². The van der Waals surface area contributed by atoms with Gasteiger partial charge < -0.3 is 14.8 Å². The van der Waals surface area contributed by atoms with E-state index in [9.17, 15) is 9.18 Å². The molecule has 0 spiro atoms. The lowest BCUT2D eigenvalue weighted by Gasteiger charge is -2.37. The second-order valence-electron chi connectivity index (χ2n) is 8.31. The lowest BCUT2D eigenvalue weighted by molar-refractivity contribution is -0.131. The first kappa shape index (κ1) is 21.7. The molecule has 2 aliphatic rings. The van der Waals surface area contributed by atoms with Crippen LogP contribution in [0.15, 0.2) is 42.6 Å². The minimum absolute atomic E-state index is 0.0656. The second kappa shape index (κ2) is 10.2. The zero-order chi connectivity index (χ0) is 21.6. The van der Waals surface area contributed by atoms with Crippen molar-refractivity contribution in [1.29, 1.82) is 0 Å². The molecule has 2 fully saturated rings. The SMILES string of the molecule is COc1cccc(CN2CCC[C@H]([C@@H](NC(=O)[C@@H]3CCCO3)c3ccccn3)C2)c1F. The number of hydrogen-bond acceptors (Lipinski definition) is 5. The number of aromatic nitrogens is 1. The first-order chi connectivity index (χ1) is 15.2. The van der Waals surface area contributed by atoms with Gasteiger partial charge in [-0.05, 0) is 56.3 Å². The number of hydrogen-bond donors (Lipinski definition) is 1. The molecule has 0 aliphatic carbocycles. The maximum atomic E-state index is 14.7. The molecular formula is C24H30FN3O3. The Bertz CT molecular complexity index is 874. The Labute approximate surface area is 182 Å². The average molecular weight is 428 g/mol. The van der Waals surface area contributed by atoms with Crippen molar-refractivity contribution >= 4 is 5.91 Å².